The Morgan fingerprint density at radius 3 is 2.50 bits per heavy atom. The van der Waals surface area contributed by atoms with Gasteiger partial charge in [0.25, 0.3) is 0 Å². The van der Waals surface area contributed by atoms with Gasteiger partial charge < -0.3 is 14.4 Å². The second kappa shape index (κ2) is 6.92. The maximum absolute atomic E-state index is 13.6. The second-order valence-corrected chi connectivity index (χ2v) is 8.78. The number of carbonyl (C=O) groups excluding carboxylic acids is 2. The van der Waals surface area contributed by atoms with Crippen molar-refractivity contribution >= 4 is 11.9 Å². The Morgan fingerprint density at radius 1 is 0.969 bits per heavy atom. The van der Waals surface area contributed by atoms with Crippen molar-refractivity contribution in [2.24, 2.45) is 0 Å². The zero-order chi connectivity index (χ0) is 21.8. The van der Waals surface area contributed by atoms with Gasteiger partial charge in [0.2, 0.25) is 11.8 Å². The van der Waals surface area contributed by atoms with Gasteiger partial charge in [0, 0.05) is 30.8 Å². The van der Waals surface area contributed by atoms with Crippen LogP contribution in [0.25, 0.3) is 0 Å². The molecular weight excluding hydrogens is 404 g/mol. The number of likely N-dealkylation sites (tertiary alicyclic amines) is 1. The van der Waals surface area contributed by atoms with Crippen molar-refractivity contribution in [3.63, 3.8) is 0 Å². The lowest BCUT2D eigenvalue weighted by atomic mass is 9.91. The standard InChI is InChI=1S/C26H22N2O4/c29-23-20-5-1-2-6-21(20)26(32-23)14-16-28(17-26)24(30)25(12-13-25)18-8-10-19(11-9-18)31-22-7-3-4-15-27-22/h1-11,15H,12-14,16-17H2/t26-/m0/s1. The van der Waals surface area contributed by atoms with E-state index in [0.717, 1.165) is 24.0 Å². The fourth-order valence-electron chi connectivity index (χ4n) is 5.03. The Morgan fingerprint density at radius 2 is 1.75 bits per heavy atom. The van der Waals surface area contributed by atoms with Crippen LogP contribution in [0.5, 0.6) is 11.6 Å². The lowest BCUT2D eigenvalue weighted by molar-refractivity contribution is -0.134. The van der Waals surface area contributed by atoms with Crippen LogP contribution in [0.15, 0.2) is 72.9 Å². The Labute approximate surface area is 185 Å². The van der Waals surface area contributed by atoms with Crippen molar-refractivity contribution in [2.75, 3.05) is 13.1 Å². The molecule has 6 heteroatoms. The van der Waals surface area contributed by atoms with E-state index in [0.29, 0.717) is 36.7 Å². The van der Waals surface area contributed by atoms with Crippen molar-refractivity contribution < 1.29 is 19.1 Å². The average molecular weight is 426 g/mol. The Kier molecular flexibility index (Phi) is 4.12. The zero-order valence-electron chi connectivity index (χ0n) is 17.5. The topological polar surface area (TPSA) is 68.7 Å². The molecule has 1 spiro atoms. The molecule has 6 rings (SSSR count). The molecule has 2 fully saturated rings. The summed E-state index contributed by atoms with van der Waals surface area (Å²) in [5.41, 5.74) is 1.32. The van der Waals surface area contributed by atoms with Crippen LogP contribution >= 0.6 is 0 Å². The number of hydrogen-bond donors (Lipinski definition) is 0. The molecule has 2 aromatic carbocycles. The Hall–Kier alpha value is -3.67. The fraction of sp³-hybridized carbons (Fsp3) is 0.269. The zero-order valence-corrected chi connectivity index (χ0v) is 17.5. The van der Waals surface area contributed by atoms with Gasteiger partial charge in [0.05, 0.1) is 17.5 Å². The Bertz CT molecular complexity index is 1200. The maximum atomic E-state index is 13.6. The minimum atomic E-state index is -0.709. The second-order valence-electron chi connectivity index (χ2n) is 8.78. The number of esters is 1. The molecule has 0 unspecified atom stereocenters. The summed E-state index contributed by atoms with van der Waals surface area (Å²) in [5, 5.41) is 0. The summed E-state index contributed by atoms with van der Waals surface area (Å²) in [5.74, 6) is 1.05. The summed E-state index contributed by atoms with van der Waals surface area (Å²) in [6.45, 7) is 1.00. The van der Waals surface area contributed by atoms with Crippen LogP contribution in [0.2, 0.25) is 0 Å². The fourth-order valence-corrected chi connectivity index (χ4v) is 5.03. The van der Waals surface area contributed by atoms with E-state index in [1.54, 1.807) is 18.3 Å². The van der Waals surface area contributed by atoms with Crippen LogP contribution in [0, 0.1) is 0 Å². The summed E-state index contributed by atoms with van der Waals surface area (Å²) >= 11 is 0. The van der Waals surface area contributed by atoms with E-state index >= 15 is 0 Å². The molecule has 1 saturated carbocycles. The molecule has 3 heterocycles. The summed E-state index contributed by atoms with van der Waals surface area (Å²) < 4.78 is 11.6. The minimum Gasteiger partial charge on any atom is -0.449 e. The van der Waals surface area contributed by atoms with Gasteiger partial charge in [0.15, 0.2) is 5.60 Å². The number of amides is 1. The van der Waals surface area contributed by atoms with E-state index in [4.69, 9.17) is 9.47 Å². The molecule has 6 nitrogen and oxygen atoms in total. The van der Waals surface area contributed by atoms with Crippen LogP contribution in [0.1, 0.15) is 40.7 Å². The monoisotopic (exact) mass is 426 g/mol. The first-order valence-electron chi connectivity index (χ1n) is 10.9. The highest BCUT2D eigenvalue weighted by Crippen LogP contribution is 2.52. The number of aromatic nitrogens is 1. The molecule has 2 aliphatic heterocycles. The van der Waals surface area contributed by atoms with Crippen molar-refractivity contribution in [2.45, 2.75) is 30.3 Å². The summed E-state index contributed by atoms with van der Waals surface area (Å²) in [4.78, 5) is 32.0. The van der Waals surface area contributed by atoms with Crippen molar-refractivity contribution in [3.05, 3.63) is 89.6 Å². The molecule has 3 aromatic rings. The SMILES string of the molecule is O=C1O[C@]2(CCN(C(=O)C3(c4ccc(Oc5ccccn5)cc4)CC3)C2)c2ccccc21. The Balaban J connectivity index is 1.20. The van der Waals surface area contributed by atoms with E-state index in [1.807, 2.05) is 59.5 Å². The van der Waals surface area contributed by atoms with Crippen LogP contribution in [0.4, 0.5) is 0 Å². The van der Waals surface area contributed by atoms with Gasteiger partial charge in [-0.2, -0.15) is 0 Å². The molecule has 1 saturated heterocycles. The smallest absolute Gasteiger partial charge is 0.339 e. The van der Waals surface area contributed by atoms with E-state index in [2.05, 4.69) is 4.98 Å². The molecule has 0 radical (unpaired) electrons. The molecule has 32 heavy (non-hydrogen) atoms. The average Bonchev–Trinajstić information content (AvgIpc) is 3.46. The molecular formula is C26H22N2O4. The largest absolute Gasteiger partial charge is 0.449 e. The van der Waals surface area contributed by atoms with Crippen molar-refractivity contribution in [3.8, 4) is 11.6 Å². The van der Waals surface area contributed by atoms with Gasteiger partial charge in [0.1, 0.15) is 5.75 Å². The highest BCUT2D eigenvalue weighted by atomic mass is 16.6. The first-order valence-corrected chi connectivity index (χ1v) is 10.9. The number of carbonyl (C=O) groups is 2. The third-order valence-corrected chi connectivity index (χ3v) is 6.87. The van der Waals surface area contributed by atoms with Crippen LogP contribution in [0.3, 0.4) is 0 Å². The number of hydrogen-bond acceptors (Lipinski definition) is 5. The third-order valence-electron chi connectivity index (χ3n) is 6.87. The predicted molar refractivity (Wildman–Crippen MR) is 116 cm³/mol. The molecule has 0 bridgehead atoms. The number of rotatable bonds is 4. The highest BCUT2D eigenvalue weighted by Gasteiger charge is 2.57. The van der Waals surface area contributed by atoms with Gasteiger partial charge in [-0.25, -0.2) is 9.78 Å². The number of pyridine rings is 1. The third kappa shape index (κ3) is 2.90. The molecule has 1 aliphatic carbocycles. The first kappa shape index (κ1) is 19.0. The number of nitrogens with zero attached hydrogens (tertiary/aromatic N) is 2. The summed E-state index contributed by atoms with van der Waals surface area (Å²) in [6, 6.07) is 20.7. The first-order chi connectivity index (χ1) is 15.6. The quantitative estimate of drug-likeness (QED) is 0.585. The van der Waals surface area contributed by atoms with Gasteiger partial charge in [-0.1, -0.05) is 36.4 Å². The number of ether oxygens (including phenoxy) is 2. The van der Waals surface area contributed by atoms with Crippen molar-refractivity contribution in [1.82, 2.24) is 9.88 Å². The normalized spacial score (nSPS) is 22.5. The molecule has 1 aromatic heterocycles. The number of benzene rings is 2. The molecule has 0 N–H and O–H groups in total. The summed E-state index contributed by atoms with van der Waals surface area (Å²) in [7, 11) is 0. The summed E-state index contributed by atoms with van der Waals surface area (Å²) in [6.07, 6.45) is 3.97. The van der Waals surface area contributed by atoms with Gasteiger partial charge in [-0.05, 0) is 42.7 Å². The molecule has 3 aliphatic rings. The number of fused-ring (bicyclic) bond motifs is 2. The minimum absolute atomic E-state index is 0.119. The van der Waals surface area contributed by atoms with E-state index < -0.39 is 11.0 Å². The predicted octanol–water partition coefficient (Wildman–Crippen LogP) is 4.20. The van der Waals surface area contributed by atoms with Gasteiger partial charge in [-0.3, -0.25) is 4.79 Å². The van der Waals surface area contributed by atoms with Crippen LogP contribution in [-0.2, 0) is 20.5 Å². The van der Waals surface area contributed by atoms with Crippen LogP contribution in [-0.4, -0.2) is 34.8 Å². The van der Waals surface area contributed by atoms with Crippen LogP contribution < -0.4 is 4.74 Å². The lowest BCUT2D eigenvalue weighted by Crippen LogP contribution is -2.40. The lowest BCUT2D eigenvalue weighted by Gasteiger charge is -2.27. The molecule has 160 valence electrons. The van der Waals surface area contributed by atoms with Gasteiger partial charge in [-0.15, -0.1) is 0 Å². The maximum Gasteiger partial charge on any atom is 0.339 e. The van der Waals surface area contributed by atoms with Crippen molar-refractivity contribution in [1.29, 1.82) is 0 Å². The van der Waals surface area contributed by atoms with E-state index in [9.17, 15) is 9.59 Å². The van der Waals surface area contributed by atoms with Gasteiger partial charge >= 0.3 is 5.97 Å². The molecule has 1 atom stereocenters. The van der Waals surface area contributed by atoms with E-state index in [1.165, 1.54) is 0 Å². The highest BCUT2D eigenvalue weighted by molar-refractivity contribution is 5.96. The molecule has 1 amide bonds. The van der Waals surface area contributed by atoms with E-state index in [-0.39, 0.29) is 11.9 Å².